The summed E-state index contributed by atoms with van der Waals surface area (Å²) in [5, 5.41) is 2.85. The summed E-state index contributed by atoms with van der Waals surface area (Å²) >= 11 is 5.89. The molecule has 22 heavy (non-hydrogen) atoms. The van der Waals surface area contributed by atoms with E-state index in [1.165, 1.54) is 13.0 Å². The lowest BCUT2D eigenvalue weighted by Gasteiger charge is -2.31. The summed E-state index contributed by atoms with van der Waals surface area (Å²) in [4.78, 5) is 36.9. The van der Waals surface area contributed by atoms with Gasteiger partial charge in [-0.3, -0.25) is 14.4 Å². The van der Waals surface area contributed by atoms with Crippen LogP contribution in [0.15, 0.2) is 41.6 Å². The molecular formula is C17H18ClNO3. The molecule has 5 heteroatoms. The summed E-state index contributed by atoms with van der Waals surface area (Å²) in [5.74, 6) is -0.553. The number of hydrogen-bond acceptors (Lipinski definition) is 4. The van der Waals surface area contributed by atoms with Crippen LogP contribution in [-0.4, -0.2) is 23.9 Å². The predicted molar refractivity (Wildman–Crippen MR) is 84.6 cm³/mol. The molecule has 1 aliphatic heterocycles. The predicted octanol–water partition coefficient (Wildman–Crippen LogP) is 2.51. The molecule has 0 fully saturated rings. The van der Waals surface area contributed by atoms with Crippen molar-refractivity contribution in [2.75, 3.05) is 6.54 Å². The summed E-state index contributed by atoms with van der Waals surface area (Å²) in [6.45, 7) is 1.34. The minimum Gasteiger partial charge on any atom is -0.369 e. The summed E-state index contributed by atoms with van der Waals surface area (Å²) in [5.41, 5.74) is -0.550. The van der Waals surface area contributed by atoms with Crippen LogP contribution in [0.1, 0.15) is 31.7 Å². The molecule has 0 spiro atoms. The highest BCUT2D eigenvalue weighted by atomic mass is 35.5. The number of hydrogen-bond donors (Lipinski definition) is 1. The first-order chi connectivity index (χ1) is 10.5. The van der Waals surface area contributed by atoms with Crippen molar-refractivity contribution in [1.29, 1.82) is 0 Å². The Bertz CT molecular complexity index is 624. The third kappa shape index (κ3) is 3.28. The molecule has 1 N–H and O–H groups in total. The molecule has 1 atom stereocenters. The Morgan fingerprint density at radius 3 is 2.55 bits per heavy atom. The average Bonchev–Trinajstić information content (AvgIpc) is 2.49. The molecular weight excluding hydrogens is 302 g/mol. The average molecular weight is 320 g/mol. The maximum atomic E-state index is 12.8. The summed E-state index contributed by atoms with van der Waals surface area (Å²) in [6, 6.07) is 9.01. The Hall–Kier alpha value is -1.94. The smallest absolute Gasteiger partial charge is 0.169 e. The van der Waals surface area contributed by atoms with Crippen LogP contribution >= 0.6 is 11.6 Å². The van der Waals surface area contributed by atoms with Crippen molar-refractivity contribution in [2.24, 2.45) is 0 Å². The SMILES string of the molecule is CC(=O)C1(c2ccccc2)CCCC(=O)C=C(Cl)NCC1=O. The van der Waals surface area contributed by atoms with E-state index in [2.05, 4.69) is 5.32 Å². The van der Waals surface area contributed by atoms with Gasteiger partial charge >= 0.3 is 0 Å². The van der Waals surface area contributed by atoms with Crippen LogP contribution in [-0.2, 0) is 19.8 Å². The quantitative estimate of drug-likeness (QED) is 0.672. The molecule has 0 bridgehead atoms. The summed E-state index contributed by atoms with van der Waals surface area (Å²) in [7, 11) is 0. The van der Waals surface area contributed by atoms with Gasteiger partial charge < -0.3 is 5.32 Å². The van der Waals surface area contributed by atoms with E-state index >= 15 is 0 Å². The molecule has 1 heterocycles. The van der Waals surface area contributed by atoms with Gasteiger partial charge in [-0.15, -0.1) is 0 Å². The zero-order valence-electron chi connectivity index (χ0n) is 12.4. The zero-order valence-corrected chi connectivity index (χ0v) is 13.2. The van der Waals surface area contributed by atoms with Crippen LogP contribution in [0, 0.1) is 0 Å². The molecule has 1 aromatic rings. The number of carbonyl (C=O) groups excluding carboxylic acids is 3. The number of rotatable bonds is 2. The van der Waals surface area contributed by atoms with Gasteiger partial charge in [-0.05, 0) is 25.3 Å². The molecule has 1 unspecified atom stereocenters. The molecule has 4 nitrogen and oxygen atoms in total. The van der Waals surface area contributed by atoms with Crippen LogP contribution in [0.25, 0.3) is 0 Å². The van der Waals surface area contributed by atoms with E-state index in [0.717, 1.165) is 0 Å². The first kappa shape index (κ1) is 16.4. The van der Waals surface area contributed by atoms with Crippen molar-refractivity contribution < 1.29 is 14.4 Å². The van der Waals surface area contributed by atoms with E-state index in [4.69, 9.17) is 11.6 Å². The van der Waals surface area contributed by atoms with Crippen LogP contribution in [0.3, 0.4) is 0 Å². The lowest BCUT2D eigenvalue weighted by Crippen LogP contribution is -2.47. The van der Waals surface area contributed by atoms with E-state index in [1.807, 2.05) is 6.07 Å². The zero-order chi connectivity index (χ0) is 16.2. The topological polar surface area (TPSA) is 63.2 Å². The van der Waals surface area contributed by atoms with Crippen molar-refractivity contribution >= 4 is 29.0 Å². The minimum absolute atomic E-state index is 0.0862. The number of Topliss-reactive ketones (excluding diaryl/α,β-unsaturated/α-hetero) is 2. The first-order valence-corrected chi connectivity index (χ1v) is 7.58. The maximum Gasteiger partial charge on any atom is 0.169 e. The second kappa shape index (κ2) is 6.88. The van der Waals surface area contributed by atoms with E-state index in [9.17, 15) is 14.4 Å². The Labute approximate surface area is 134 Å². The van der Waals surface area contributed by atoms with Gasteiger partial charge in [-0.1, -0.05) is 41.9 Å². The van der Waals surface area contributed by atoms with Gasteiger partial charge in [0, 0.05) is 12.5 Å². The monoisotopic (exact) mass is 319 g/mol. The second-order valence-corrected chi connectivity index (χ2v) is 5.82. The standard InChI is InChI=1S/C17H18ClNO3/c1-12(20)17(13-6-3-2-4-7-13)9-5-8-14(21)10-16(18)19-11-15(17)22/h2-4,6-7,10,19H,5,8-9,11H2,1H3. The highest BCUT2D eigenvalue weighted by molar-refractivity contribution is 6.31. The normalized spacial score (nSPS) is 23.5. The number of benzene rings is 1. The molecule has 0 aromatic heterocycles. The van der Waals surface area contributed by atoms with Crippen molar-refractivity contribution in [3.63, 3.8) is 0 Å². The van der Waals surface area contributed by atoms with Crippen molar-refractivity contribution in [1.82, 2.24) is 5.32 Å². The van der Waals surface area contributed by atoms with Gasteiger partial charge in [0.2, 0.25) is 0 Å². The fraction of sp³-hybridized carbons (Fsp3) is 0.353. The number of halogens is 1. The Balaban J connectivity index is 2.46. The molecule has 1 aromatic carbocycles. The van der Waals surface area contributed by atoms with E-state index < -0.39 is 5.41 Å². The second-order valence-electron chi connectivity index (χ2n) is 5.42. The van der Waals surface area contributed by atoms with Crippen LogP contribution in [0.4, 0.5) is 0 Å². The number of allylic oxidation sites excluding steroid dienone is 1. The summed E-state index contributed by atoms with van der Waals surface area (Å²) < 4.78 is 0. The fourth-order valence-electron chi connectivity index (χ4n) is 2.85. The molecule has 0 saturated heterocycles. The number of carbonyl (C=O) groups is 3. The number of ketones is 3. The van der Waals surface area contributed by atoms with Gasteiger partial charge in [0.1, 0.15) is 16.4 Å². The van der Waals surface area contributed by atoms with Gasteiger partial charge in [0.15, 0.2) is 11.6 Å². The van der Waals surface area contributed by atoms with Crippen LogP contribution in [0.5, 0.6) is 0 Å². The Morgan fingerprint density at radius 1 is 1.23 bits per heavy atom. The molecule has 2 rings (SSSR count). The van der Waals surface area contributed by atoms with Crippen molar-refractivity contribution in [3.05, 3.63) is 47.1 Å². The van der Waals surface area contributed by atoms with Crippen molar-refractivity contribution in [2.45, 2.75) is 31.6 Å². The van der Waals surface area contributed by atoms with Gasteiger partial charge in [0.25, 0.3) is 0 Å². The first-order valence-electron chi connectivity index (χ1n) is 7.20. The van der Waals surface area contributed by atoms with Gasteiger partial charge in [-0.25, -0.2) is 0 Å². The van der Waals surface area contributed by atoms with E-state index in [1.54, 1.807) is 24.3 Å². The third-order valence-corrected chi connectivity index (χ3v) is 4.27. The Kier molecular flexibility index (Phi) is 5.14. The lowest BCUT2D eigenvalue weighted by molar-refractivity contribution is -0.134. The minimum atomic E-state index is -1.22. The van der Waals surface area contributed by atoms with E-state index in [-0.39, 0.29) is 35.5 Å². The van der Waals surface area contributed by atoms with Crippen molar-refractivity contribution in [3.8, 4) is 0 Å². The molecule has 0 aliphatic carbocycles. The lowest BCUT2D eigenvalue weighted by atomic mass is 9.70. The Morgan fingerprint density at radius 2 is 1.91 bits per heavy atom. The number of nitrogens with one attached hydrogen (secondary N) is 1. The highest BCUT2D eigenvalue weighted by Gasteiger charge is 2.43. The van der Waals surface area contributed by atoms with Crippen LogP contribution < -0.4 is 5.32 Å². The van der Waals surface area contributed by atoms with Gasteiger partial charge in [-0.2, -0.15) is 0 Å². The fourth-order valence-corrected chi connectivity index (χ4v) is 3.04. The molecule has 116 valence electrons. The molecule has 1 aliphatic rings. The molecule has 0 amide bonds. The van der Waals surface area contributed by atoms with Gasteiger partial charge in [0.05, 0.1) is 6.54 Å². The summed E-state index contributed by atoms with van der Waals surface area (Å²) in [6.07, 6.45) is 2.33. The highest BCUT2D eigenvalue weighted by Crippen LogP contribution is 2.33. The largest absolute Gasteiger partial charge is 0.369 e. The molecule has 0 radical (unpaired) electrons. The van der Waals surface area contributed by atoms with Crippen LogP contribution in [0.2, 0.25) is 0 Å². The third-order valence-electron chi connectivity index (χ3n) is 4.02. The maximum absolute atomic E-state index is 12.8. The van der Waals surface area contributed by atoms with E-state index in [0.29, 0.717) is 18.4 Å². The molecule has 0 saturated carbocycles.